The number of nitrogens with one attached hydrogen (secondary N) is 1. The predicted octanol–water partition coefficient (Wildman–Crippen LogP) is 6.48. The number of aromatic nitrogens is 2. The number of allylic oxidation sites excluding steroid dienone is 1. The maximum absolute atomic E-state index is 11.1. The second-order valence-electron chi connectivity index (χ2n) is 7.36. The van der Waals surface area contributed by atoms with Gasteiger partial charge in [-0.1, -0.05) is 17.4 Å². The molecule has 0 aliphatic rings. The fourth-order valence-electron chi connectivity index (χ4n) is 3.29. The Morgan fingerprint density at radius 1 is 1.06 bits per heavy atom. The maximum Gasteiger partial charge on any atom is 0.335 e. The lowest BCUT2D eigenvalue weighted by molar-refractivity contribution is 0.0697. The number of aryl methyl sites for hydroxylation is 1. The first-order valence-corrected chi connectivity index (χ1v) is 11.3. The molecule has 4 aromatic rings. The molecule has 2 heterocycles. The quantitative estimate of drug-likeness (QED) is 0.269. The topological polar surface area (TPSA) is 93.6 Å². The normalized spacial score (nSPS) is 10.5. The Balaban J connectivity index is 1.61. The number of benzene rings is 2. The minimum Gasteiger partial charge on any atom is -0.497 e. The molecule has 0 spiro atoms. The molecule has 2 aromatic heterocycles. The van der Waals surface area contributed by atoms with Gasteiger partial charge in [0.15, 0.2) is 10.9 Å². The molecule has 7 nitrogen and oxygen atoms in total. The van der Waals surface area contributed by atoms with Gasteiger partial charge in [0.05, 0.1) is 17.6 Å². The van der Waals surface area contributed by atoms with Crippen LogP contribution in [0.4, 0.5) is 11.5 Å². The summed E-state index contributed by atoms with van der Waals surface area (Å²) in [5, 5.41) is 13.1. The van der Waals surface area contributed by atoms with Gasteiger partial charge in [0.2, 0.25) is 0 Å². The van der Waals surface area contributed by atoms with Gasteiger partial charge in [-0.25, -0.2) is 14.8 Å². The van der Waals surface area contributed by atoms with Crippen molar-refractivity contribution in [3.05, 3.63) is 90.1 Å². The van der Waals surface area contributed by atoms with E-state index >= 15 is 0 Å². The molecule has 0 aliphatic carbocycles. The van der Waals surface area contributed by atoms with Crippen molar-refractivity contribution >= 4 is 28.8 Å². The first-order chi connectivity index (χ1) is 16.5. The number of rotatable bonds is 9. The van der Waals surface area contributed by atoms with E-state index in [1.54, 1.807) is 37.5 Å². The summed E-state index contributed by atoms with van der Waals surface area (Å²) in [6.07, 6.45) is 2.40. The number of anilines is 2. The number of carboxylic acids is 1. The predicted molar refractivity (Wildman–Crippen MR) is 134 cm³/mol. The van der Waals surface area contributed by atoms with E-state index < -0.39 is 5.97 Å². The molecule has 34 heavy (non-hydrogen) atoms. The van der Waals surface area contributed by atoms with E-state index in [0.717, 1.165) is 32.6 Å². The van der Waals surface area contributed by atoms with Crippen LogP contribution in [0.15, 0.2) is 73.3 Å². The summed E-state index contributed by atoms with van der Waals surface area (Å²) in [7, 11) is 1.62. The van der Waals surface area contributed by atoms with Crippen molar-refractivity contribution in [2.24, 2.45) is 0 Å². The van der Waals surface area contributed by atoms with Gasteiger partial charge in [-0.05, 0) is 74.0 Å². The number of hydrogen-bond donors (Lipinski definition) is 2. The fraction of sp³-hybridized carbons (Fsp3) is 0.115. The maximum atomic E-state index is 11.1. The van der Waals surface area contributed by atoms with Crippen molar-refractivity contribution in [1.82, 2.24) is 9.97 Å². The zero-order valence-corrected chi connectivity index (χ0v) is 19.6. The molecule has 2 N–H and O–H groups in total. The number of carboxylic acid groups (broad SMARTS) is 1. The molecule has 8 heteroatoms. The van der Waals surface area contributed by atoms with Gasteiger partial charge >= 0.3 is 5.97 Å². The Morgan fingerprint density at radius 2 is 1.76 bits per heavy atom. The fourth-order valence-corrected chi connectivity index (χ4v) is 4.10. The molecule has 0 radical (unpaired) electrons. The Morgan fingerprint density at radius 3 is 2.41 bits per heavy atom. The van der Waals surface area contributed by atoms with Crippen molar-refractivity contribution < 1.29 is 19.4 Å². The minimum atomic E-state index is -0.968. The highest BCUT2D eigenvalue weighted by Gasteiger charge is 2.15. The number of carbonyl (C=O) groups is 1. The monoisotopic (exact) mass is 473 g/mol. The second-order valence-corrected chi connectivity index (χ2v) is 8.40. The number of hydrogen-bond acceptors (Lipinski definition) is 7. The third-order valence-corrected chi connectivity index (χ3v) is 6.00. The van der Waals surface area contributed by atoms with Crippen LogP contribution in [0.2, 0.25) is 0 Å². The number of aromatic carboxylic acids is 1. The van der Waals surface area contributed by atoms with Crippen LogP contribution in [0.25, 0.3) is 10.7 Å². The summed E-state index contributed by atoms with van der Waals surface area (Å²) in [6.45, 7) is 5.78. The molecule has 0 saturated heterocycles. The first kappa shape index (κ1) is 23.0. The summed E-state index contributed by atoms with van der Waals surface area (Å²) in [4.78, 5) is 21.5. The standard InChI is InChI=1S/C26H23N3O4S/c1-4-5-21-16(2)27-25(29-24(21)28-18-8-6-17(7-9-18)26(30)31)22-14-15-23(34-22)33-20-12-10-19(32-3)11-13-20/h4,6-15H,1,5H2,2-3H3,(H,30,31)(H,27,28,29). The molecule has 0 aliphatic heterocycles. The molecule has 0 unspecified atom stereocenters. The summed E-state index contributed by atoms with van der Waals surface area (Å²) in [5.74, 6) is 1.73. The van der Waals surface area contributed by atoms with Gasteiger partial charge in [0.25, 0.3) is 0 Å². The van der Waals surface area contributed by atoms with Gasteiger partial charge < -0.3 is 19.9 Å². The number of thiophene rings is 1. The molecule has 0 saturated carbocycles. The summed E-state index contributed by atoms with van der Waals surface area (Å²) in [5.41, 5.74) is 2.71. The lowest BCUT2D eigenvalue weighted by Crippen LogP contribution is -2.05. The molecule has 0 atom stereocenters. The van der Waals surface area contributed by atoms with Crippen LogP contribution < -0.4 is 14.8 Å². The van der Waals surface area contributed by atoms with E-state index in [0.29, 0.717) is 23.8 Å². The van der Waals surface area contributed by atoms with Crippen molar-refractivity contribution in [2.75, 3.05) is 12.4 Å². The Hall–Kier alpha value is -4.17. The molecular weight excluding hydrogens is 450 g/mol. The zero-order chi connectivity index (χ0) is 24.1. The van der Waals surface area contributed by atoms with E-state index in [1.165, 1.54) is 11.3 Å². The molecule has 172 valence electrons. The Kier molecular flexibility index (Phi) is 6.89. The van der Waals surface area contributed by atoms with Crippen molar-refractivity contribution in [3.63, 3.8) is 0 Å². The SMILES string of the molecule is C=CCc1c(C)nc(-c2ccc(Oc3ccc(OC)cc3)s2)nc1Nc1ccc(C(=O)O)cc1. The van der Waals surface area contributed by atoms with Crippen LogP contribution in [-0.2, 0) is 6.42 Å². The van der Waals surface area contributed by atoms with Gasteiger partial charge in [0.1, 0.15) is 17.3 Å². The highest BCUT2D eigenvalue weighted by atomic mass is 32.1. The van der Waals surface area contributed by atoms with E-state index in [-0.39, 0.29) is 5.56 Å². The Labute approximate surface area is 201 Å². The Bertz CT molecular complexity index is 1320. The minimum absolute atomic E-state index is 0.222. The molecule has 0 amide bonds. The van der Waals surface area contributed by atoms with E-state index in [1.807, 2.05) is 43.3 Å². The van der Waals surface area contributed by atoms with Crippen LogP contribution in [-0.4, -0.2) is 28.2 Å². The number of nitrogens with zero attached hydrogens (tertiary/aromatic N) is 2. The van der Waals surface area contributed by atoms with Gasteiger partial charge in [-0.15, -0.1) is 6.58 Å². The molecule has 0 bridgehead atoms. The van der Waals surface area contributed by atoms with E-state index in [4.69, 9.17) is 24.5 Å². The van der Waals surface area contributed by atoms with Crippen LogP contribution in [0.5, 0.6) is 16.6 Å². The lowest BCUT2D eigenvalue weighted by Gasteiger charge is -2.14. The van der Waals surface area contributed by atoms with Gasteiger partial charge in [0, 0.05) is 16.9 Å². The van der Waals surface area contributed by atoms with Crippen molar-refractivity contribution in [3.8, 4) is 27.3 Å². The van der Waals surface area contributed by atoms with Crippen LogP contribution in [0.1, 0.15) is 21.6 Å². The number of methoxy groups -OCH3 is 1. The smallest absolute Gasteiger partial charge is 0.335 e. The average Bonchev–Trinajstić information content (AvgIpc) is 3.30. The lowest BCUT2D eigenvalue weighted by atomic mass is 10.1. The largest absolute Gasteiger partial charge is 0.497 e. The summed E-state index contributed by atoms with van der Waals surface area (Å²) < 4.78 is 11.1. The van der Waals surface area contributed by atoms with E-state index in [9.17, 15) is 4.79 Å². The molecule has 4 rings (SSSR count). The number of ether oxygens (including phenoxy) is 2. The van der Waals surface area contributed by atoms with Crippen LogP contribution in [0.3, 0.4) is 0 Å². The second kappa shape index (κ2) is 10.2. The molecule has 2 aromatic carbocycles. The highest BCUT2D eigenvalue weighted by molar-refractivity contribution is 7.17. The van der Waals surface area contributed by atoms with Crippen molar-refractivity contribution in [1.29, 1.82) is 0 Å². The van der Waals surface area contributed by atoms with Gasteiger partial charge in [-0.3, -0.25) is 0 Å². The highest BCUT2D eigenvalue weighted by Crippen LogP contribution is 2.36. The van der Waals surface area contributed by atoms with Crippen molar-refractivity contribution in [2.45, 2.75) is 13.3 Å². The molecular formula is C26H23N3O4S. The van der Waals surface area contributed by atoms with Crippen LogP contribution >= 0.6 is 11.3 Å². The average molecular weight is 474 g/mol. The summed E-state index contributed by atoms with van der Waals surface area (Å²) >= 11 is 1.45. The van der Waals surface area contributed by atoms with E-state index in [2.05, 4.69) is 11.9 Å². The third kappa shape index (κ3) is 5.24. The third-order valence-electron chi connectivity index (χ3n) is 5.04. The van der Waals surface area contributed by atoms with Crippen LogP contribution in [0, 0.1) is 6.92 Å². The summed E-state index contributed by atoms with van der Waals surface area (Å²) in [6, 6.07) is 17.7. The first-order valence-electron chi connectivity index (χ1n) is 10.5. The molecule has 0 fully saturated rings. The van der Waals surface area contributed by atoms with Gasteiger partial charge in [-0.2, -0.15) is 0 Å². The zero-order valence-electron chi connectivity index (χ0n) is 18.7.